The van der Waals surface area contributed by atoms with Gasteiger partial charge in [0.1, 0.15) is 0 Å². The molecule has 0 aliphatic carbocycles. The number of benzene rings is 1. The summed E-state index contributed by atoms with van der Waals surface area (Å²) >= 11 is 0. The van der Waals surface area contributed by atoms with E-state index < -0.39 is 5.97 Å². The second-order valence-electron chi connectivity index (χ2n) is 5.03. The van der Waals surface area contributed by atoms with E-state index in [0.717, 1.165) is 0 Å². The molecular formula is C15H20N2O4. The lowest BCUT2D eigenvalue weighted by Crippen LogP contribution is -2.31. The highest BCUT2D eigenvalue weighted by atomic mass is 16.5. The first-order valence-electron chi connectivity index (χ1n) is 6.70. The number of ether oxygens (including phenoxy) is 1. The van der Waals surface area contributed by atoms with Gasteiger partial charge >= 0.3 is 5.97 Å². The predicted octanol–water partition coefficient (Wildman–Crippen LogP) is 1.57. The average Bonchev–Trinajstić information content (AvgIpc) is 2.42. The third-order valence-electron chi connectivity index (χ3n) is 2.48. The molecular weight excluding hydrogens is 272 g/mol. The van der Waals surface area contributed by atoms with Crippen LogP contribution in [0.25, 0.3) is 0 Å². The number of esters is 1. The van der Waals surface area contributed by atoms with Crippen LogP contribution in [0.4, 0.5) is 5.69 Å². The molecule has 0 aliphatic rings. The summed E-state index contributed by atoms with van der Waals surface area (Å²) in [6.45, 7) is 5.59. The fourth-order valence-corrected chi connectivity index (χ4v) is 1.48. The molecule has 0 saturated carbocycles. The van der Waals surface area contributed by atoms with E-state index in [-0.39, 0.29) is 18.4 Å². The smallest absolute Gasteiger partial charge is 0.338 e. The highest BCUT2D eigenvalue weighted by molar-refractivity contribution is 5.93. The molecule has 0 heterocycles. The van der Waals surface area contributed by atoms with Crippen molar-refractivity contribution in [2.24, 2.45) is 5.92 Å². The Balaban J connectivity index is 2.45. The first kappa shape index (κ1) is 16.7. The van der Waals surface area contributed by atoms with Gasteiger partial charge in [-0.25, -0.2) is 4.79 Å². The Bertz CT molecular complexity index is 509. The summed E-state index contributed by atoms with van der Waals surface area (Å²) in [7, 11) is 0. The topological polar surface area (TPSA) is 84.5 Å². The lowest BCUT2D eigenvalue weighted by molar-refractivity contribution is -0.124. The van der Waals surface area contributed by atoms with Crippen molar-refractivity contribution in [3.05, 3.63) is 29.8 Å². The van der Waals surface area contributed by atoms with E-state index in [4.69, 9.17) is 4.74 Å². The molecule has 0 bridgehead atoms. The van der Waals surface area contributed by atoms with Gasteiger partial charge in [-0.15, -0.1) is 0 Å². The molecule has 6 nitrogen and oxygen atoms in total. The number of rotatable bonds is 6. The quantitative estimate of drug-likeness (QED) is 0.780. The Morgan fingerprint density at radius 2 is 1.76 bits per heavy atom. The number of hydrogen-bond donors (Lipinski definition) is 2. The maximum atomic E-state index is 11.7. The van der Waals surface area contributed by atoms with Gasteiger partial charge in [-0.2, -0.15) is 0 Å². The number of hydrogen-bond acceptors (Lipinski definition) is 4. The zero-order valence-corrected chi connectivity index (χ0v) is 12.4. The third-order valence-corrected chi connectivity index (χ3v) is 2.48. The molecule has 1 aromatic carbocycles. The number of anilines is 1. The number of carbonyl (C=O) groups excluding carboxylic acids is 3. The minimum Gasteiger partial charge on any atom is -0.452 e. The van der Waals surface area contributed by atoms with Crippen LogP contribution in [0.3, 0.4) is 0 Å². The molecule has 0 unspecified atom stereocenters. The Labute approximate surface area is 123 Å². The molecule has 1 aromatic rings. The summed E-state index contributed by atoms with van der Waals surface area (Å²) in [6.07, 6.45) is 0. The van der Waals surface area contributed by atoms with Crippen LogP contribution in [-0.2, 0) is 14.3 Å². The fourth-order valence-electron chi connectivity index (χ4n) is 1.48. The molecule has 2 amide bonds. The van der Waals surface area contributed by atoms with Crippen molar-refractivity contribution in [1.29, 1.82) is 0 Å². The molecule has 0 fully saturated rings. The largest absolute Gasteiger partial charge is 0.452 e. The minimum atomic E-state index is -0.580. The lowest BCUT2D eigenvalue weighted by atomic mass is 10.2. The van der Waals surface area contributed by atoms with Gasteiger partial charge in [-0.1, -0.05) is 13.8 Å². The first-order valence-corrected chi connectivity index (χ1v) is 6.70. The van der Waals surface area contributed by atoms with Crippen LogP contribution in [-0.4, -0.2) is 30.9 Å². The minimum absolute atomic E-state index is 0.188. The molecule has 0 saturated heterocycles. The van der Waals surface area contributed by atoms with Crippen LogP contribution in [0.15, 0.2) is 24.3 Å². The van der Waals surface area contributed by atoms with Crippen LogP contribution in [0.5, 0.6) is 0 Å². The zero-order valence-electron chi connectivity index (χ0n) is 12.4. The van der Waals surface area contributed by atoms with Crippen LogP contribution in [0.1, 0.15) is 31.1 Å². The molecule has 6 heteroatoms. The van der Waals surface area contributed by atoms with E-state index in [1.54, 1.807) is 12.1 Å². The van der Waals surface area contributed by atoms with Crippen LogP contribution >= 0.6 is 0 Å². The maximum Gasteiger partial charge on any atom is 0.338 e. The molecule has 0 aliphatic heterocycles. The van der Waals surface area contributed by atoms with E-state index in [2.05, 4.69) is 10.6 Å². The second-order valence-corrected chi connectivity index (χ2v) is 5.03. The third kappa shape index (κ3) is 6.56. The van der Waals surface area contributed by atoms with Gasteiger partial charge in [0.2, 0.25) is 5.91 Å². The fraction of sp³-hybridized carbons (Fsp3) is 0.400. The van der Waals surface area contributed by atoms with E-state index in [9.17, 15) is 14.4 Å². The van der Waals surface area contributed by atoms with E-state index in [1.807, 2.05) is 13.8 Å². The SMILES string of the molecule is CC(=O)Nc1ccc(C(=O)OCC(=O)NCC(C)C)cc1. The zero-order chi connectivity index (χ0) is 15.8. The molecule has 0 spiro atoms. The first-order chi connectivity index (χ1) is 9.88. The summed E-state index contributed by atoms with van der Waals surface area (Å²) in [5.74, 6) is -0.755. The van der Waals surface area contributed by atoms with Crippen molar-refractivity contribution in [3.8, 4) is 0 Å². The Morgan fingerprint density at radius 3 is 2.29 bits per heavy atom. The van der Waals surface area contributed by atoms with Crippen LogP contribution < -0.4 is 10.6 Å². The summed E-state index contributed by atoms with van der Waals surface area (Å²) in [4.78, 5) is 34.0. The summed E-state index contributed by atoms with van der Waals surface area (Å²) < 4.78 is 4.90. The average molecular weight is 292 g/mol. The van der Waals surface area contributed by atoms with Crippen molar-refractivity contribution in [1.82, 2.24) is 5.32 Å². The van der Waals surface area contributed by atoms with Crippen molar-refractivity contribution < 1.29 is 19.1 Å². The highest BCUT2D eigenvalue weighted by Crippen LogP contribution is 2.10. The number of carbonyl (C=O) groups is 3. The molecule has 1 rings (SSSR count). The van der Waals surface area contributed by atoms with Crippen molar-refractivity contribution in [2.45, 2.75) is 20.8 Å². The lowest BCUT2D eigenvalue weighted by Gasteiger charge is -2.08. The van der Waals surface area contributed by atoms with Crippen molar-refractivity contribution in [3.63, 3.8) is 0 Å². The maximum absolute atomic E-state index is 11.7. The molecule has 21 heavy (non-hydrogen) atoms. The number of nitrogens with one attached hydrogen (secondary N) is 2. The van der Waals surface area contributed by atoms with Gasteiger partial charge in [0.05, 0.1) is 5.56 Å². The normalized spacial score (nSPS) is 10.1. The Hall–Kier alpha value is -2.37. The van der Waals surface area contributed by atoms with Crippen molar-refractivity contribution in [2.75, 3.05) is 18.5 Å². The Kier molecular flexibility index (Phi) is 6.39. The van der Waals surface area contributed by atoms with Crippen LogP contribution in [0, 0.1) is 5.92 Å². The van der Waals surface area contributed by atoms with Gasteiger partial charge < -0.3 is 15.4 Å². The molecule has 0 atom stereocenters. The summed E-state index contributed by atoms with van der Waals surface area (Å²) in [5, 5.41) is 5.25. The van der Waals surface area contributed by atoms with Gasteiger partial charge in [0, 0.05) is 19.2 Å². The van der Waals surface area contributed by atoms with E-state index in [0.29, 0.717) is 23.7 Å². The van der Waals surface area contributed by atoms with E-state index >= 15 is 0 Å². The predicted molar refractivity (Wildman–Crippen MR) is 78.9 cm³/mol. The van der Waals surface area contributed by atoms with Gasteiger partial charge in [0.15, 0.2) is 6.61 Å². The van der Waals surface area contributed by atoms with Gasteiger partial charge in [-0.05, 0) is 30.2 Å². The summed E-state index contributed by atoms with van der Waals surface area (Å²) in [5.41, 5.74) is 0.912. The van der Waals surface area contributed by atoms with Crippen molar-refractivity contribution >= 4 is 23.5 Å². The van der Waals surface area contributed by atoms with E-state index in [1.165, 1.54) is 19.1 Å². The Morgan fingerprint density at radius 1 is 1.14 bits per heavy atom. The molecule has 2 N–H and O–H groups in total. The summed E-state index contributed by atoms with van der Waals surface area (Å²) in [6, 6.07) is 6.24. The molecule has 0 aromatic heterocycles. The molecule has 0 radical (unpaired) electrons. The van der Waals surface area contributed by atoms with Crippen LogP contribution in [0.2, 0.25) is 0 Å². The standard InChI is InChI=1S/C15H20N2O4/c1-10(2)8-16-14(19)9-21-15(20)12-4-6-13(7-5-12)17-11(3)18/h4-7,10H,8-9H2,1-3H3,(H,16,19)(H,17,18). The monoisotopic (exact) mass is 292 g/mol. The number of amides is 2. The second kappa shape index (κ2) is 8.04. The van der Waals surface area contributed by atoms with Gasteiger partial charge in [0.25, 0.3) is 5.91 Å². The highest BCUT2D eigenvalue weighted by Gasteiger charge is 2.10. The van der Waals surface area contributed by atoms with Gasteiger partial charge in [-0.3, -0.25) is 9.59 Å². The molecule has 114 valence electrons.